The molecule has 1 aliphatic heterocycles. The fourth-order valence-electron chi connectivity index (χ4n) is 3.00. The van der Waals surface area contributed by atoms with Crippen molar-refractivity contribution in [3.05, 3.63) is 54.4 Å². The third-order valence-corrected chi connectivity index (χ3v) is 4.42. The molecule has 0 aliphatic carbocycles. The molecular weight excluding hydrogens is 302 g/mol. The van der Waals surface area contributed by atoms with Crippen molar-refractivity contribution in [3.8, 4) is 11.5 Å². The Bertz CT molecular complexity index is 688. The maximum absolute atomic E-state index is 12.7. The zero-order valence-electron chi connectivity index (χ0n) is 13.9. The molecule has 1 saturated heterocycles. The van der Waals surface area contributed by atoms with Crippen LogP contribution in [-0.2, 0) is 0 Å². The fourth-order valence-corrected chi connectivity index (χ4v) is 3.00. The molecule has 1 aliphatic rings. The second-order valence-corrected chi connectivity index (χ2v) is 6.30. The lowest BCUT2D eigenvalue weighted by Gasteiger charge is -2.34. The van der Waals surface area contributed by atoms with E-state index in [4.69, 9.17) is 10.5 Å². The Morgan fingerprint density at radius 2 is 2.08 bits per heavy atom. The molecule has 24 heavy (non-hydrogen) atoms. The number of carbonyl (C=O) groups is 1. The lowest BCUT2D eigenvalue weighted by molar-refractivity contribution is 0.0654. The topological polar surface area (TPSA) is 68.5 Å². The summed E-state index contributed by atoms with van der Waals surface area (Å²) in [5.41, 5.74) is 6.42. The van der Waals surface area contributed by atoms with Crippen LogP contribution in [0.4, 0.5) is 0 Å². The van der Waals surface area contributed by atoms with Crippen LogP contribution in [0.1, 0.15) is 30.3 Å². The van der Waals surface area contributed by atoms with E-state index in [0.29, 0.717) is 23.9 Å². The van der Waals surface area contributed by atoms with E-state index in [-0.39, 0.29) is 11.9 Å². The van der Waals surface area contributed by atoms with Crippen LogP contribution in [0.5, 0.6) is 11.5 Å². The molecule has 0 spiro atoms. The highest BCUT2D eigenvalue weighted by molar-refractivity contribution is 5.92. The molecule has 5 heteroatoms. The number of ether oxygens (including phenoxy) is 1. The number of amides is 1. The summed E-state index contributed by atoms with van der Waals surface area (Å²) >= 11 is 0. The summed E-state index contributed by atoms with van der Waals surface area (Å²) in [7, 11) is 0. The minimum atomic E-state index is -0.0566. The molecular formula is C19H23N3O2. The first-order valence-electron chi connectivity index (χ1n) is 8.37. The minimum absolute atomic E-state index is 0.0566. The summed E-state index contributed by atoms with van der Waals surface area (Å²) in [6.07, 6.45) is 3.67. The van der Waals surface area contributed by atoms with Crippen molar-refractivity contribution in [2.24, 2.45) is 11.7 Å². The molecule has 2 N–H and O–H groups in total. The number of pyridine rings is 1. The van der Waals surface area contributed by atoms with Gasteiger partial charge in [0.05, 0.1) is 0 Å². The van der Waals surface area contributed by atoms with Gasteiger partial charge in [-0.05, 0) is 43.9 Å². The van der Waals surface area contributed by atoms with E-state index in [1.807, 2.05) is 42.2 Å². The Labute approximate surface area is 142 Å². The number of likely N-dealkylation sites (tertiary alicyclic amines) is 1. The quantitative estimate of drug-likeness (QED) is 0.938. The van der Waals surface area contributed by atoms with E-state index in [9.17, 15) is 4.79 Å². The van der Waals surface area contributed by atoms with Gasteiger partial charge in [0.25, 0.3) is 5.91 Å². The summed E-state index contributed by atoms with van der Waals surface area (Å²) in [4.78, 5) is 18.8. The van der Waals surface area contributed by atoms with Crippen molar-refractivity contribution in [3.63, 3.8) is 0 Å². The summed E-state index contributed by atoms with van der Waals surface area (Å²) < 4.78 is 5.79. The Hall–Kier alpha value is -2.40. The van der Waals surface area contributed by atoms with Gasteiger partial charge in [-0.25, -0.2) is 0 Å². The third-order valence-electron chi connectivity index (χ3n) is 4.42. The number of carbonyl (C=O) groups excluding carboxylic acids is 1. The number of benzene rings is 1. The van der Waals surface area contributed by atoms with Gasteiger partial charge in [0.1, 0.15) is 17.2 Å². The zero-order chi connectivity index (χ0) is 16.9. The molecule has 1 aromatic carbocycles. The smallest absolute Gasteiger partial charge is 0.272 e. The van der Waals surface area contributed by atoms with E-state index in [1.165, 1.54) is 0 Å². The number of para-hydroxylation sites is 1. The van der Waals surface area contributed by atoms with Crippen molar-refractivity contribution < 1.29 is 9.53 Å². The van der Waals surface area contributed by atoms with E-state index in [0.717, 1.165) is 25.1 Å². The van der Waals surface area contributed by atoms with Crippen molar-refractivity contribution in [2.75, 3.05) is 13.1 Å². The fraction of sp³-hybridized carbons (Fsp3) is 0.368. The molecule has 1 fully saturated rings. The predicted molar refractivity (Wildman–Crippen MR) is 93.0 cm³/mol. The van der Waals surface area contributed by atoms with Crippen molar-refractivity contribution >= 4 is 5.91 Å². The standard InChI is InChI=1S/C19H23N3O2/c1-14(20)15-6-5-11-22(13-15)19(23)18-12-17(9-10-21-18)24-16-7-3-2-4-8-16/h2-4,7-10,12,14-15H,5-6,11,13,20H2,1H3/t14-,15-/m0/s1. The minimum Gasteiger partial charge on any atom is -0.457 e. The largest absolute Gasteiger partial charge is 0.457 e. The first-order valence-corrected chi connectivity index (χ1v) is 8.37. The van der Waals surface area contributed by atoms with E-state index in [1.54, 1.807) is 18.3 Å². The van der Waals surface area contributed by atoms with Crippen LogP contribution < -0.4 is 10.5 Å². The Balaban J connectivity index is 1.72. The number of hydrogen-bond acceptors (Lipinski definition) is 4. The van der Waals surface area contributed by atoms with Crippen molar-refractivity contribution in [1.82, 2.24) is 9.88 Å². The number of rotatable bonds is 4. The summed E-state index contributed by atoms with van der Waals surface area (Å²) in [6.45, 7) is 3.46. The van der Waals surface area contributed by atoms with Crippen LogP contribution in [0, 0.1) is 5.92 Å². The number of hydrogen-bond donors (Lipinski definition) is 1. The Morgan fingerprint density at radius 3 is 2.83 bits per heavy atom. The second-order valence-electron chi connectivity index (χ2n) is 6.30. The summed E-state index contributed by atoms with van der Waals surface area (Å²) in [5.74, 6) is 1.64. The lowest BCUT2D eigenvalue weighted by Crippen LogP contribution is -2.45. The normalized spacial score (nSPS) is 18.9. The van der Waals surface area contributed by atoms with Gasteiger partial charge < -0.3 is 15.4 Å². The molecule has 2 heterocycles. The first-order chi connectivity index (χ1) is 11.6. The van der Waals surface area contributed by atoms with Gasteiger partial charge in [0, 0.05) is 31.4 Å². The lowest BCUT2D eigenvalue weighted by atomic mass is 9.92. The zero-order valence-corrected chi connectivity index (χ0v) is 13.9. The number of nitrogens with zero attached hydrogens (tertiary/aromatic N) is 2. The van der Waals surface area contributed by atoms with Crippen LogP contribution in [0.15, 0.2) is 48.7 Å². The molecule has 0 radical (unpaired) electrons. The molecule has 3 rings (SSSR count). The SMILES string of the molecule is C[C@H](N)[C@H]1CCCN(C(=O)c2cc(Oc3ccccc3)ccn2)C1. The predicted octanol–water partition coefficient (Wildman–Crippen LogP) is 3.07. The van der Waals surface area contributed by atoms with Crippen LogP contribution >= 0.6 is 0 Å². The highest BCUT2D eigenvalue weighted by Gasteiger charge is 2.27. The van der Waals surface area contributed by atoms with Gasteiger partial charge in [0.2, 0.25) is 0 Å². The van der Waals surface area contributed by atoms with E-state index < -0.39 is 0 Å². The van der Waals surface area contributed by atoms with Gasteiger partial charge in [-0.1, -0.05) is 18.2 Å². The second kappa shape index (κ2) is 7.45. The van der Waals surface area contributed by atoms with E-state index >= 15 is 0 Å². The molecule has 5 nitrogen and oxygen atoms in total. The maximum atomic E-state index is 12.7. The Morgan fingerprint density at radius 1 is 1.29 bits per heavy atom. The van der Waals surface area contributed by atoms with Crippen LogP contribution in [-0.4, -0.2) is 34.9 Å². The summed E-state index contributed by atoms with van der Waals surface area (Å²) in [6, 6.07) is 13.0. The van der Waals surface area contributed by atoms with Gasteiger partial charge in [-0.3, -0.25) is 9.78 Å². The van der Waals surface area contributed by atoms with Gasteiger partial charge in [-0.2, -0.15) is 0 Å². The van der Waals surface area contributed by atoms with Crippen molar-refractivity contribution in [2.45, 2.75) is 25.8 Å². The van der Waals surface area contributed by atoms with Crippen LogP contribution in [0.3, 0.4) is 0 Å². The van der Waals surface area contributed by atoms with Crippen LogP contribution in [0.25, 0.3) is 0 Å². The molecule has 0 bridgehead atoms. The first kappa shape index (κ1) is 16.5. The maximum Gasteiger partial charge on any atom is 0.272 e. The average molecular weight is 325 g/mol. The van der Waals surface area contributed by atoms with Crippen LogP contribution in [0.2, 0.25) is 0 Å². The average Bonchev–Trinajstić information content (AvgIpc) is 2.62. The number of nitrogens with two attached hydrogens (primary N) is 1. The van der Waals surface area contributed by atoms with Crippen molar-refractivity contribution in [1.29, 1.82) is 0 Å². The molecule has 2 atom stereocenters. The van der Waals surface area contributed by atoms with Gasteiger partial charge >= 0.3 is 0 Å². The highest BCUT2D eigenvalue weighted by atomic mass is 16.5. The molecule has 1 amide bonds. The van der Waals surface area contributed by atoms with Gasteiger partial charge in [-0.15, -0.1) is 0 Å². The Kier molecular flexibility index (Phi) is 5.11. The monoisotopic (exact) mass is 325 g/mol. The van der Waals surface area contributed by atoms with Gasteiger partial charge in [0.15, 0.2) is 0 Å². The molecule has 1 aromatic heterocycles. The van der Waals surface area contributed by atoms with E-state index in [2.05, 4.69) is 4.98 Å². The summed E-state index contributed by atoms with van der Waals surface area (Å²) in [5, 5.41) is 0. The molecule has 0 unspecified atom stereocenters. The third kappa shape index (κ3) is 3.92. The highest BCUT2D eigenvalue weighted by Crippen LogP contribution is 2.23. The molecule has 2 aromatic rings. The number of aromatic nitrogens is 1. The number of piperidine rings is 1. The molecule has 0 saturated carbocycles. The molecule has 126 valence electrons.